The molecule has 1 atom stereocenters. The van der Waals surface area contributed by atoms with Crippen molar-refractivity contribution in [1.29, 1.82) is 0 Å². The van der Waals surface area contributed by atoms with E-state index < -0.39 is 12.0 Å². The molecule has 2 rings (SSSR count). The molecule has 2 N–H and O–H groups in total. The molecule has 7 nitrogen and oxygen atoms in total. The van der Waals surface area contributed by atoms with Gasteiger partial charge in [0.15, 0.2) is 5.11 Å². The van der Waals surface area contributed by atoms with E-state index in [1.807, 2.05) is 0 Å². The highest BCUT2D eigenvalue weighted by Gasteiger charge is 2.36. The number of piperazine rings is 1. The number of esters is 1. The number of carbonyl (C=O) groups is 3. The van der Waals surface area contributed by atoms with Crippen molar-refractivity contribution in [2.75, 3.05) is 19.7 Å². The first kappa shape index (κ1) is 23.6. The van der Waals surface area contributed by atoms with E-state index in [0.717, 1.165) is 32.1 Å². The maximum atomic E-state index is 12.3. The first-order chi connectivity index (χ1) is 14.0. The number of carbonyl (C=O) groups excluding carboxylic acids is 3. The average molecular weight is 426 g/mol. The quantitative estimate of drug-likeness (QED) is 0.284. The van der Waals surface area contributed by atoms with E-state index in [2.05, 4.69) is 17.6 Å². The number of rotatable bonds is 12. The number of ether oxygens (including phenoxy) is 1. The van der Waals surface area contributed by atoms with Crippen LogP contribution >= 0.6 is 12.2 Å². The predicted molar refractivity (Wildman–Crippen MR) is 115 cm³/mol. The number of thiocarbonyl (C=S) groups is 1. The molecule has 0 radical (unpaired) electrons. The summed E-state index contributed by atoms with van der Waals surface area (Å²) in [7, 11) is 0. The normalized spacial score (nSPS) is 18.9. The van der Waals surface area contributed by atoms with Crippen LogP contribution in [0.1, 0.15) is 77.6 Å². The number of unbranched alkanes of at least 4 members (excludes halogenated alkanes) is 7. The highest BCUT2D eigenvalue weighted by Crippen LogP contribution is 2.28. The van der Waals surface area contributed by atoms with E-state index >= 15 is 0 Å². The molecule has 1 aliphatic heterocycles. The number of nitrogens with one attached hydrogen (secondary N) is 2. The highest BCUT2D eigenvalue weighted by atomic mass is 32.1. The van der Waals surface area contributed by atoms with Gasteiger partial charge in [0.1, 0.15) is 6.04 Å². The van der Waals surface area contributed by atoms with Crippen molar-refractivity contribution in [3.05, 3.63) is 0 Å². The Morgan fingerprint density at radius 3 is 2.45 bits per heavy atom. The Balaban J connectivity index is 1.66. The summed E-state index contributed by atoms with van der Waals surface area (Å²) in [5.74, 6) is -0.738. The minimum atomic E-state index is -0.734. The van der Waals surface area contributed by atoms with Crippen molar-refractivity contribution in [2.45, 2.75) is 83.6 Å². The van der Waals surface area contributed by atoms with Crippen LogP contribution in [0, 0.1) is 5.92 Å². The van der Waals surface area contributed by atoms with Crippen LogP contribution in [0.3, 0.4) is 0 Å². The fourth-order valence-corrected chi connectivity index (χ4v) is 3.74. The van der Waals surface area contributed by atoms with Gasteiger partial charge in [0, 0.05) is 19.0 Å². The molecule has 1 heterocycles. The zero-order chi connectivity index (χ0) is 21.1. The summed E-state index contributed by atoms with van der Waals surface area (Å²) < 4.78 is 5.32. The van der Waals surface area contributed by atoms with E-state index in [-0.39, 0.29) is 29.3 Å². The second kappa shape index (κ2) is 12.8. The molecule has 164 valence electrons. The number of hydrogen-bond donors (Lipinski definition) is 2. The summed E-state index contributed by atoms with van der Waals surface area (Å²) >= 11 is 5.32. The summed E-state index contributed by atoms with van der Waals surface area (Å²) in [6, 6.07) is -0.734. The molecule has 8 heteroatoms. The van der Waals surface area contributed by atoms with Crippen molar-refractivity contribution >= 4 is 35.1 Å². The zero-order valence-corrected chi connectivity index (χ0v) is 18.4. The third-order valence-corrected chi connectivity index (χ3v) is 5.73. The summed E-state index contributed by atoms with van der Waals surface area (Å²) in [5.41, 5.74) is 0. The maximum absolute atomic E-state index is 12.3. The van der Waals surface area contributed by atoms with Crippen LogP contribution in [0.5, 0.6) is 0 Å². The molecule has 0 aromatic rings. The molecule has 2 amide bonds. The van der Waals surface area contributed by atoms with E-state index in [1.165, 1.54) is 32.1 Å². The van der Waals surface area contributed by atoms with Crippen molar-refractivity contribution in [3.8, 4) is 0 Å². The Bertz CT molecular complexity index is 580. The highest BCUT2D eigenvalue weighted by molar-refractivity contribution is 7.80. The lowest BCUT2D eigenvalue weighted by Gasteiger charge is -2.36. The Labute approximate surface area is 179 Å². The Morgan fingerprint density at radius 2 is 1.79 bits per heavy atom. The van der Waals surface area contributed by atoms with Gasteiger partial charge in [-0.15, -0.1) is 0 Å². The fourth-order valence-electron chi connectivity index (χ4n) is 3.42. The van der Waals surface area contributed by atoms with Gasteiger partial charge in [-0.25, -0.2) is 0 Å². The molecule has 29 heavy (non-hydrogen) atoms. The van der Waals surface area contributed by atoms with E-state index in [9.17, 15) is 14.4 Å². The second-order valence-corrected chi connectivity index (χ2v) is 8.36. The third-order valence-electron chi connectivity index (χ3n) is 5.39. The number of nitrogens with zero attached hydrogens (tertiary/aromatic N) is 1. The van der Waals surface area contributed by atoms with Gasteiger partial charge in [0.2, 0.25) is 11.8 Å². The minimum Gasteiger partial charge on any atom is -0.466 e. The Hall–Kier alpha value is -1.70. The summed E-state index contributed by atoms with van der Waals surface area (Å²) in [6.45, 7) is 3.49. The molecular weight excluding hydrogens is 390 g/mol. The van der Waals surface area contributed by atoms with Gasteiger partial charge in [-0.1, -0.05) is 51.9 Å². The lowest BCUT2D eigenvalue weighted by Crippen LogP contribution is -2.60. The average Bonchev–Trinajstić information content (AvgIpc) is 3.53. The van der Waals surface area contributed by atoms with Crippen LogP contribution in [-0.2, 0) is 19.1 Å². The van der Waals surface area contributed by atoms with E-state index in [4.69, 9.17) is 17.0 Å². The SMILES string of the molecule is CCCCCCCCCCOC(=O)CC1C(=O)NCCN1C(=S)NC(=O)C1CC1. The van der Waals surface area contributed by atoms with E-state index in [1.54, 1.807) is 4.90 Å². The van der Waals surface area contributed by atoms with Crippen LogP contribution in [0.25, 0.3) is 0 Å². The van der Waals surface area contributed by atoms with Crippen molar-refractivity contribution < 1.29 is 19.1 Å². The van der Waals surface area contributed by atoms with Crippen LogP contribution in [-0.4, -0.2) is 53.5 Å². The zero-order valence-electron chi connectivity index (χ0n) is 17.5. The fraction of sp³-hybridized carbons (Fsp3) is 0.810. The smallest absolute Gasteiger partial charge is 0.308 e. The summed E-state index contributed by atoms with van der Waals surface area (Å²) in [5, 5.41) is 5.68. The van der Waals surface area contributed by atoms with Gasteiger partial charge in [-0.2, -0.15) is 0 Å². The predicted octanol–water partition coefficient (Wildman–Crippen LogP) is 2.67. The summed E-state index contributed by atoms with van der Waals surface area (Å²) in [6.07, 6.45) is 11.1. The van der Waals surface area contributed by atoms with Crippen molar-refractivity contribution in [2.24, 2.45) is 5.92 Å². The molecule has 1 saturated carbocycles. The van der Waals surface area contributed by atoms with Crippen molar-refractivity contribution in [1.82, 2.24) is 15.5 Å². The molecule has 1 unspecified atom stereocenters. The molecule has 2 aliphatic rings. The molecule has 0 spiro atoms. The Morgan fingerprint density at radius 1 is 1.14 bits per heavy atom. The minimum absolute atomic E-state index is 0.0293. The lowest BCUT2D eigenvalue weighted by molar-refractivity contribution is -0.147. The molecular formula is C21H35N3O4S. The maximum Gasteiger partial charge on any atom is 0.308 e. The number of hydrogen-bond acceptors (Lipinski definition) is 5. The molecule has 0 aromatic heterocycles. The van der Waals surface area contributed by atoms with Gasteiger partial charge >= 0.3 is 5.97 Å². The Kier molecular flexibility index (Phi) is 10.4. The molecule has 0 bridgehead atoms. The van der Waals surface area contributed by atoms with Gasteiger partial charge in [-0.05, 0) is 31.5 Å². The molecule has 1 aliphatic carbocycles. The van der Waals surface area contributed by atoms with Crippen LogP contribution < -0.4 is 10.6 Å². The molecule has 1 saturated heterocycles. The topological polar surface area (TPSA) is 87.7 Å². The summed E-state index contributed by atoms with van der Waals surface area (Å²) in [4.78, 5) is 38.1. The van der Waals surface area contributed by atoms with Crippen molar-refractivity contribution in [3.63, 3.8) is 0 Å². The molecule has 2 fully saturated rings. The van der Waals surface area contributed by atoms with Gasteiger partial charge < -0.3 is 20.3 Å². The van der Waals surface area contributed by atoms with Gasteiger partial charge in [-0.3, -0.25) is 14.4 Å². The monoisotopic (exact) mass is 425 g/mol. The van der Waals surface area contributed by atoms with Crippen LogP contribution in [0.2, 0.25) is 0 Å². The van der Waals surface area contributed by atoms with Crippen LogP contribution in [0.4, 0.5) is 0 Å². The standard InChI is InChI=1S/C21H35N3O4S/c1-2-3-4-5-6-7-8-9-14-28-18(25)15-17-20(27)22-12-13-24(17)21(29)23-19(26)16-10-11-16/h16-17H,2-15H2,1H3,(H,22,27)(H,23,26,29). The first-order valence-electron chi connectivity index (χ1n) is 11.1. The third kappa shape index (κ3) is 8.68. The number of amides is 2. The van der Waals surface area contributed by atoms with Gasteiger partial charge in [0.05, 0.1) is 13.0 Å². The molecule has 0 aromatic carbocycles. The van der Waals surface area contributed by atoms with E-state index in [0.29, 0.717) is 19.7 Å². The van der Waals surface area contributed by atoms with Crippen LogP contribution in [0.15, 0.2) is 0 Å². The largest absolute Gasteiger partial charge is 0.466 e. The van der Waals surface area contributed by atoms with Gasteiger partial charge in [0.25, 0.3) is 0 Å². The second-order valence-electron chi connectivity index (χ2n) is 7.97. The first-order valence-corrected chi connectivity index (χ1v) is 11.5. The lowest BCUT2D eigenvalue weighted by atomic mass is 10.1.